The van der Waals surface area contributed by atoms with Crippen LogP contribution in [-0.2, 0) is 26.2 Å². The van der Waals surface area contributed by atoms with Gasteiger partial charge in [0.15, 0.2) is 0 Å². The summed E-state index contributed by atoms with van der Waals surface area (Å²) in [4.78, 5) is 30.4. The van der Waals surface area contributed by atoms with Gasteiger partial charge >= 0.3 is 5.97 Å². The number of benzene rings is 2. The number of rotatable bonds is 10. The number of piperazine rings is 1. The Balaban J connectivity index is 1.07. The van der Waals surface area contributed by atoms with Crippen LogP contribution in [0.25, 0.3) is 11.0 Å². The zero-order valence-corrected chi connectivity index (χ0v) is 24.4. The highest BCUT2D eigenvalue weighted by molar-refractivity contribution is 5.92. The Labute approximate surface area is 257 Å². The molecule has 2 aromatic carbocycles. The summed E-state index contributed by atoms with van der Waals surface area (Å²) in [5, 5.41) is 26.8. The van der Waals surface area contributed by atoms with E-state index in [9.17, 15) is 14.3 Å². The average molecular weight is 609 g/mol. The fraction of sp³-hybridized carbons (Fsp3) is 0.323. The smallest absolute Gasteiger partial charge is 0.335 e. The van der Waals surface area contributed by atoms with Crippen LogP contribution < -0.4 is 9.64 Å². The summed E-state index contributed by atoms with van der Waals surface area (Å²) < 4.78 is 24.0. The summed E-state index contributed by atoms with van der Waals surface area (Å²) in [6.07, 6.45) is 4.32. The molecule has 2 aliphatic rings. The number of carbonyl (C=O) groups is 1. The van der Waals surface area contributed by atoms with Crippen molar-refractivity contribution >= 4 is 23.0 Å². The van der Waals surface area contributed by atoms with Gasteiger partial charge in [-0.1, -0.05) is 11.3 Å². The molecule has 7 rings (SSSR count). The molecule has 2 unspecified atom stereocenters. The van der Waals surface area contributed by atoms with Gasteiger partial charge in [-0.15, -0.1) is 5.10 Å². The van der Waals surface area contributed by atoms with E-state index in [0.29, 0.717) is 43.6 Å². The Hall–Kier alpha value is -5.42. The van der Waals surface area contributed by atoms with Crippen molar-refractivity contribution in [2.24, 2.45) is 0 Å². The van der Waals surface area contributed by atoms with Gasteiger partial charge < -0.3 is 19.3 Å². The zero-order chi connectivity index (χ0) is 31.1. The third-order valence-electron chi connectivity index (χ3n) is 8.39. The Bertz CT molecular complexity index is 1950. The number of halogens is 1. The van der Waals surface area contributed by atoms with E-state index >= 15 is 0 Å². The van der Waals surface area contributed by atoms with Crippen LogP contribution in [-0.4, -0.2) is 75.7 Å². The number of aromatic nitrogens is 7. The van der Waals surface area contributed by atoms with E-state index in [-0.39, 0.29) is 29.8 Å². The van der Waals surface area contributed by atoms with Crippen LogP contribution in [0.15, 0.2) is 54.9 Å². The molecule has 3 aromatic heterocycles. The van der Waals surface area contributed by atoms with Crippen LogP contribution in [0.3, 0.4) is 0 Å². The lowest BCUT2D eigenvalue weighted by atomic mass is 10.1. The van der Waals surface area contributed by atoms with Crippen molar-refractivity contribution in [2.75, 3.05) is 18.0 Å². The molecule has 1 N–H and O–H groups in total. The van der Waals surface area contributed by atoms with Gasteiger partial charge in [-0.25, -0.2) is 23.8 Å². The first-order valence-corrected chi connectivity index (χ1v) is 14.7. The monoisotopic (exact) mass is 608 g/mol. The molecule has 0 amide bonds. The van der Waals surface area contributed by atoms with Crippen molar-refractivity contribution in [1.82, 2.24) is 39.4 Å². The number of imidazole rings is 1. The van der Waals surface area contributed by atoms with Crippen molar-refractivity contribution in [3.05, 3.63) is 88.9 Å². The highest BCUT2D eigenvalue weighted by atomic mass is 19.1. The lowest BCUT2D eigenvalue weighted by Crippen LogP contribution is -2.46. The minimum absolute atomic E-state index is 0.0160. The molecule has 228 valence electrons. The number of carboxylic acid groups (broad SMARTS) is 1. The molecule has 1 aliphatic carbocycles. The molecule has 1 saturated carbocycles. The van der Waals surface area contributed by atoms with Crippen LogP contribution in [0, 0.1) is 17.1 Å². The molecule has 45 heavy (non-hydrogen) atoms. The number of hydrogen-bond donors (Lipinski definition) is 1. The van der Waals surface area contributed by atoms with Crippen molar-refractivity contribution in [1.29, 1.82) is 5.26 Å². The Morgan fingerprint density at radius 1 is 1.13 bits per heavy atom. The minimum Gasteiger partial charge on any atom is -0.478 e. The Kier molecular flexibility index (Phi) is 7.30. The summed E-state index contributed by atoms with van der Waals surface area (Å²) in [6.45, 7) is 5.18. The summed E-state index contributed by atoms with van der Waals surface area (Å²) in [5.74, 6) is 0.273. The van der Waals surface area contributed by atoms with Crippen LogP contribution >= 0.6 is 0 Å². The molecule has 1 aliphatic heterocycles. The first-order valence-electron chi connectivity index (χ1n) is 14.7. The Morgan fingerprint density at radius 3 is 2.82 bits per heavy atom. The molecule has 2 atom stereocenters. The van der Waals surface area contributed by atoms with Crippen molar-refractivity contribution in [2.45, 2.75) is 51.7 Å². The summed E-state index contributed by atoms with van der Waals surface area (Å²) in [6, 6.07) is 13.4. The van der Waals surface area contributed by atoms with Gasteiger partial charge in [0.25, 0.3) is 0 Å². The highest BCUT2D eigenvalue weighted by Gasteiger charge is 2.50. The third kappa shape index (κ3) is 5.53. The van der Waals surface area contributed by atoms with Crippen LogP contribution in [0.2, 0.25) is 0 Å². The van der Waals surface area contributed by atoms with Gasteiger partial charge in [0.1, 0.15) is 18.2 Å². The van der Waals surface area contributed by atoms with Crippen molar-refractivity contribution in [3.63, 3.8) is 0 Å². The SMILES string of the molecule is CCn1nncc1Cn1c(CN2CCN(c3nccc(OCc4ccc(C#N)cc4F)n3)C3CC32)nc2ccc(C(=O)O)cc21. The topological polar surface area (TPSA) is 151 Å². The van der Waals surface area contributed by atoms with Gasteiger partial charge in [0, 0.05) is 49.5 Å². The number of nitriles is 1. The minimum atomic E-state index is -0.985. The largest absolute Gasteiger partial charge is 0.478 e. The van der Waals surface area contributed by atoms with Gasteiger partial charge in [-0.2, -0.15) is 10.2 Å². The van der Waals surface area contributed by atoms with Gasteiger partial charge in [0.05, 0.1) is 53.2 Å². The second-order valence-corrected chi connectivity index (χ2v) is 11.1. The van der Waals surface area contributed by atoms with Crippen LogP contribution in [0.1, 0.15) is 46.3 Å². The molecule has 14 heteroatoms. The molecule has 1 saturated heterocycles. The summed E-state index contributed by atoms with van der Waals surface area (Å²) in [5.41, 5.74) is 3.21. The first kappa shape index (κ1) is 28.4. The maximum atomic E-state index is 14.3. The number of fused-ring (bicyclic) bond motifs is 2. The average Bonchev–Trinajstić information content (AvgIpc) is 3.62. The molecule has 0 radical (unpaired) electrons. The second kappa shape index (κ2) is 11.6. The van der Waals surface area contributed by atoms with Crippen molar-refractivity contribution in [3.8, 4) is 11.9 Å². The number of aromatic carboxylic acids is 1. The van der Waals surface area contributed by atoms with E-state index in [1.165, 1.54) is 6.07 Å². The lowest BCUT2D eigenvalue weighted by Gasteiger charge is -2.34. The van der Waals surface area contributed by atoms with E-state index in [4.69, 9.17) is 15.0 Å². The van der Waals surface area contributed by atoms with Crippen molar-refractivity contribution < 1.29 is 19.0 Å². The molecule has 0 bridgehead atoms. The van der Waals surface area contributed by atoms with E-state index < -0.39 is 11.8 Å². The lowest BCUT2D eigenvalue weighted by molar-refractivity contribution is 0.0697. The number of carboxylic acids is 1. The number of aryl methyl sites for hydroxylation is 1. The fourth-order valence-electron chi connectivity index (χ4n) is 5.96. The molecule has 4 heterocycles. The van der Waals surface area contributed by atoms with E-state index in [1.54, 1.807) is 48.8 Å². The molecule has 0 spiro atoms. The van der Waals surface area contributed by atoms with Gasteiger partial charge in [-0.3, -0.25) is 4.90 Å². The zero-order valence-electron chi connectivity index (χ0n) is 24.4. The normalized spacial score (nSPS) is 17.7. The predicted molar refractivity (Wildman–Crippen MR) is 159 cm³/mol. The second-order valence-electron chi connectivity index (χ2n) is 11.1. The quantitative estimate of drug-likeness (QED) is 0.249. The highest BCUT2D eigenvalue weighted by Crippen LogP contribution is 2.39. The summed E-state index contributed by atoms with van der Waals surface area (Å²) >= 11 is 0. The van der Waals surface area contributed by atoms with Gasteiger partial charge in [0.2, 0.25) is 11.8 Å². The molecule has 2 fully saturated rings. The number of hydrogen-bond acceptors (Lipinski definition) is 10. The van der Waals surface area contributed by atoms with Gasteiger partial charge in [-0.05, 0) is 43.7 Å². The van der Waals surface area contributed by atoms with Crippen LogP contribution in [0.4, 0.5) is 10.3 Å². The number of anilines is 1. The molecule has 5 aromatic rings. The van der Waals surface area contributed by atoms with E-state index in [0.717, 1.165) is 35.5 Å². The number of nitrogens with zero attached hydrogens (tertiary/aromatic N) is 10. The number of ether oxygens (including phenoxy) is 1. The standard InChI is InChI=1S/C31H29FN10O3/c1-2-42-22(15-35-38-42)16-41-25-12-20(30(43)44)5-6-24(25)36-28(41)17-39-9-10-40(27-13-26(27)39)31-34-8-7-29(37-31)45-18-21-4-3-19(14-33)11-23(21)32/h3-8,11-12,15,26-27H,2,9-10,13,16-18H2,1H3,(H,43,44). The third-order valence-corrected chi connectivity index (χ3v) is 8.39. The Morgan fingerprint density at radius 2 is 2.02 bits per heavy atom. The first-order chi connectivity index (χ1) is 21.9. The molecule has 13 nitrogen and oxygen atoms in total. The molecular weight excluding hydrogens is 579 g/mol. The van der Waals surface area contributed by atoms with E-state index in [2.05, 4.69) is 34.6 Å². The van der Waals surface area contributed by atoms with Crippen LogP contribution in [0.5, 0.6) is 5.88 Å². The summed E-state index contributed by atoms with van der Waals surface area (Å²) in [7, 11) is 0. The fourth-order valence-corrected chi connectivity index (χ4v) is 5.96. The maximum absolute atomic E-state index is 14.3. The van der Waals surface area contributed by atoms with E-state index in [1.807, 2.05) is 17.7 Å². The molecular formula is C31H29FN10O3. The predicted octanol–water partition coefficient (Wildman–Crippen LogP) is 3.24. The maximum Gasteiger partial charge on any atom is 0.335 e.